The number of nitrogens with two attached hydrogens (primary N) is 1. The average Bonchev–Trinajstić information content (AvgIpc) is 2.36. The molecule has 0 fully saturated rings. The van der Waals surface area contributed by atoms with E-state index in [0.717, 1.165) is 18.4 Å². The summed E-state index contributed by atoms with van der Waals surface area (Å²) in [6, 6.07) is 5.09. The molecule has 0 aliphatic rings. The number of unbranched alkanes of at least 4 members (excludes halogenated alkanes) is 4. The van der Waals surface area contributed by atoms with Gasteiger partial charge in [0.1, 0.15) is 0 Å². The van der Waals surface area contributed by atoms with Crippen molar-refractivity contribution in [1.82, 2.24) is 0 Å². The quantitative estimate of drug-likeness (QED) is 0.681. The van der Waals surface area contributed by atoms with Gasteiger partial charge < -0.3 is 10.5 Å². The van der Waals surface area contributed by atoms with Crippen LogP contribution in [-0.2, 0) is 6.42 Å². The third-order valence-corrected chi connectivity index (χ3v) is 2.93. The van der Waals surface area contributed by atoms with Crippen LogP contribution in [0.4, 0.5) is 4.39 Å². The smallest absolute Gasteiger partial charge is 0.165 e. The molecule has 1 aromatic carbocycles. The number of hydrogen-bond acceptors (Lipinski definition) is 2. The number of rotatable bonds is 9. The number of ether oxygens (including phenoxy) is 1. The van der Waals surface area contributed by atoms with E-state index in [0.29, 0.717) is 25.3 Å². The summed E-state index contributed by atoms with van der Waals surface area (Å²) in [6.45, 7) is 3.32. The van der Waals surface area contributed by atoms with Gasteiger partial charge in [-0.2, -0.15) is 0 Å². The summed E-state index contributed by atoms with van der Waals surface area (Å²) < 4.78 is 19.1. The van der Waals surface area contributed by atoms with E-state index in [4.69, 9.17) is 10.5 Å². The normalized spacial score (nSPS) is 10.6. The van der Waals surface area contributed by atoms with E-state index in [1.165, 1.54) is 25.3 Å². The molecule has 0 saturated heterocycles. The maximum absolute atomic E-state index is 13.6. The minimum atomic E-state index is -0.283. The highest BCUT2D eigenvalue weighted by Crippen LogP contribution is 2.19. The fraction of sp³-hybridized carbons (Fsp3) is 0.600. The van der Waals surface area contributed by atoms with E-state index in [1.807, 2.05) is 6.07 Å². The van der Waals surface area contributed by atoms with Crippen molar-refractivity contribution in [3.05, 3.63) is 29.6 Å². The molecule has 0 aliphatic heterocycles. The molecule has 0 bridgehead atoms. The molecule has 3 heteroatoms. The highest BCUT2D eigenvalue weighted by atomic mass is 19.1. The van der Waals surface area contributed by atoms with Crippen LogP contribution in [-0.4, -0.2) is 13.2 Å². The first-order valence-corrected chi connectivity index (χ1v) is 6.89. The minimum absolute atomic E-state index is 0.283. The first kappa shape index (κ1) is 15.0. The summed E-state index contributed by atoms with van der Waals surface area (Å²) in [5, 5.41) is 0. The minimum Gasteiger partial charge on any atom is -0.491 e. The molecule has 2 N–H and O–H groups in total. The Morgan fingerprint density at radius 3 is 2.61 bits per heavy atom. The molecule has 0 atom stereocenters. The van der Waals surface area contributed by atoms with Gasteiger partial charge in [-0.05, 0) is 37.1 Å². The van der Waals surface area contributed by atoms with E-state index in [2.05, 4.69) is 6.92 Å². The first-order valence-electron chi connectivity index (χ1n) is 6.89. The van der Waals surface area contributed by atoms with E-state index >= 15 is 0 Å². The van der Waals surface area contributed by atoms with E-state index in [-0.39, 0.29) is 5.82 Å². The molecular formula is C15H24FNO. The topological polar surface area (TPSA) is 35.2 Å². The van der Waals surface area contributed by atoms with Crippen LogP contribution in [0.5, 0.6) is 5.75 Å². The van der Waals surface area contributed by atoms with Crippen LogP contribution in [0.15, 0.2) is 18.2 Å². The Morgan fingerprint density at radius 1 is 1.17 bits per heavy atom. The summed E-state index contributed by atoms with van der Waals surface area (Å²) in [5.41, 5.74) is 6.35. The van der Waals surface area contributed by atoms with Gasteiger partial charge in [0.2, 0.25) is 0 Å². The van der Waals surface area contributed by atoms with Gasteiger partial charge in [0.25, 0.3) is 0 Å². The van der Waals surface area contributed by atoms with Crippen LogP contribution in [0.1, 0.15) is 44.6 Å². The lowest BCUT2D eigenvalue weighted by atomic mass is 10.1. The summed E-state index contributed by atoms with van der Waals surface area (Å²) in [4.78, 5) is 0. The molecule has 0 saturated carbocycles. The van der Waals surface area contributed by atoms with Gasteiger partial charge >= 0.3 is 0 Å². The highest BCUT2D eigenvalue weighted by Gasteiger charge is 2.04. The fourth-order valence-corrected chi connectivity index (χ4v) is 1.87. The van der Waals surface area contributed by atoms with E-state index < -0.39 is 0 Å². The molecule has 1 aromatic rings. The molecule has 0 heterocycles. The lowest BCUT2D eigenvalue weighted by molar-refractivity contribution is 0.290. The summed E-state index contributed by atoms with van der Waals surface area (Å²) in [5.74, 6) is 0.0702. The monoisotopic (exact) mass is 253 g/mol. The van der Waals surface area contributed by atoms with Gasteiger partial charge in [-0.3, -0.25) is 0 Å². The van der Waals surface area contributed by atoms with Crippen LogP contribution < -0.4 is 10.5 Å². The lowest BCUT2D eigenvalue weighted by Gasteiger charge is -2.08. The molecule has 0 unspecified atom stereocenters. The zero-order valence-electron chi connectivity index (χ0n) is 11.3. The Labute approximate surface area is 109 Å². The van der Waals surface area contributed by atoms with Crippen LogP contribution in [0.25, 0.3) is 0 Å². The van der Waals surface area contributed by atoms with Crippen molar-refractivity contribution < 1.29 is 9.13 Å². The summed E-state index contributed by atoms with van der Waals surface area (Å²) in [7, 11) is 0. The Bertz CT molecular complexity index is 341. The second kappa shape index (κ2) is 8.92. The molecule has 0 radical (unpaired) electrons. The standard InChI is InChI=1S/C15H24FNO/c1-2-3-4-5-6-11-18-15-8-7-13(9-10-17)12-14(15)16/h7-8,12H,2-6,9-11,17H2,1H3. The fourth-order valence-electron chi connectivity index (χ4n) is 1.87. The predicted molar refractivity (Wildman–Crippen MR) is 73.4 cm³/mol. The van der Waals surface area contributed by atoms with Gasteiger partial charge in [0.05, 0.1) is 6.61 Å². The van der Waals surface area contributed by atoms with Gasteiger partial charge in [-0.25, -0.2) is 4.39 Å². The highest BCUT2D eigenvalue weighted by molar-refractivity contribution is 5.29. The largest absolute Gasteiger partial charge is 0.491 e. The number of halogens is 1. The van der Waals surface area contributed by atoms with Gasteiger partial charge in [-0.1, -0.05) is 38.7 Å². The number of benzene rings is 1. The van der Waals surface area contributed by atoms with Crippen molar-refractivity contribution in [3.8, 4) is 5.75 Å². The number of hydrogen-bond donors (Lipinski definition) is 1. The van der Waals surface area contributed by atoms with Crippen LogP contribution >= 0.6 is 0 Å². The summed E-state index contributed by atoms with van der Waals surface area (Å²) in [6.07, 6.45) is 6.58. The van der Waals surface area contributed by atoms with Gasteiger partial charge in [0, 0.05) is 0 Å². The van der Waals surface area contributed by atoms with Gasteiger partial charge in [-0.15, -0.1) is 0 Å². The van der Waals surface area contributed by atoms with E-state index in [9.17, 15) is 4.39 Å². The molecule has 0 spiro atoms. The third-order valence-electron chi connectivity index (χ3n) is 2.93. The average molecular weight is 253 g/mol. The van der Waals surface area contributed by atoms with Crippen molar-refractivity contribution >= 4 is 0 Å². The van der Waals surface area contributed by atoms with Crippen LogP contribution in [0, 0.1) is 5.82 Å². The molecule has 0 aliphatic carbocycles. The zero-order chi connectivity index (χ0) is 13.2. The van der Waals surface area contributed by atoms with Crippen molar-refractivity contribution in [2.75, 3.05) is 13.2 Å². The van der Waals surface area contributed by atoms with Crippen molar-refractivity contribution in [1.29, 1.82) is 0 Å². The van der Waals surface area contributed by atoms with Gasteiger partial charge in [0.15, 0.2) is 11.6 Å². The summed E-state index contributed by atoms with van der Waals surface area (Å²) >= 11 is 0. The molecule has 0 aromatic heterocycles. The van der Waals surface area contributed by atoms with Crippen molar-refractivity contribution in [2.24, 2.45) is 5.73 Å². The Kier molecular flexibility index (Phi) is 7.42. The Balaban J connectivity index is 2.29. The van der Waals surface area contributed by atoms with Crippen molar-refractivity contribution in [3.63, 3.8) is 0 Å². The third kappa shape index (κ3) is 5.50. The van der Waals surface area contributed by atoms with Crippen molar-refractivity contribution in [2.45, 2.75) is 45.4 Å². The molecule has 18 heavy (non-hydrogen) atoms. The Hall–Kier alpha value is -1.09. The second-order valence-electron chi connectivity index (χ2n) is 4.57. The molecule has 102 valence electrons. The Morgan fingerprint density at radius 2 is 1.94 bits per heavy atom. The zero-order valence-corrected chi connectivity index (χ0v) is 11.3. The van der Waals surface area contributed by atoms with Crippen LogP contribution in [0.3, 0.4) is 0 Å². The lowest BCUT2D eigenvalue weighted by Crippen LogP contribution is -2.04. The molecular weight excluding hydrogens is 229 g/mol. The molecule has 2 nitrogen and oxygen atoms in total. The SMILES string of the molecule is CCCCCCCOc1ccc(CCN)cc1F. The van der Waals surface area contributed by atoms with E-state index in [1.54, 1.807) is 6.07 Å². The first-order chi connectivity index (χ1) is 8.77. The maximum atomic E-state index is 13.6. The maximum Gasteiger partial charge on any atom is 0.165 e. The second-order valence-corrected chi connectivity index (χ2v) is 4.57. The molecule has 0 amide bonds. The predicted octanol–water partition coefficient (Wildman–Crippen LogP) is 3.68. The van der Waals surface area contributed by atoms with Crippen LogP contribution in [0.2, 0.25) is 0 Å². The molecule has 1 rings (SSSR count).